The second-order valence-corrected chi connectivity index (χ2v) is 17.7. The number of hydrogen-bond acceptors (Lipinski definition) is 12. The molecule has 0 aliphatic carbocycles. The van der Waals surface area contributed by atoms with Gasteiger partial charge in [-0.1, -0.05) is 17.7 Å². The number of fused-ring (bicyclic) bond motifs is 2. The van der Waals surface area contributed by atoms with Crippen molar-refractivity contribution in [2.75, 3.05) is 24.9 Å². The fourth-order valence-corrected chi connectivity index (χ4v) is 10.0. The first-order chi connectivity index (χ1) is 30.1. The number of methoxy groups -OCH3 is 2. The third-order valence-electron chi connectivity index (χ3n) is 10.9. The van der Waals surface area contributed by atoms with E-state index in [-0.39, 0.29) is 49.0 Å². The first kappa shape index (κ1) is 44.3. The maximum Gasteiger partial charge on any atom is 0.319 e. The van der Waals surface area contributed by atoms with E-state index in [4.69, 9.17) is 9.47 Å². The third kappa shape index (κ3) is 9.97. The highest BCUT2D eigenvalue weighted by atomic mass is 32.1. The van der Waals surface area contributed by atoms with Gasteiger partial charge in [0.2, 0.25) is 23.6 Å². The predicted molar refractivity (Wildman–Crippen MR) is 233 cm³/mol. The zero-order chi connectivity index (χ0) is 45.1. The molecule has 4 aliphatic heterocycles. The highest BCUT2D eigenvalue weighted by Gasteiger charge is 2.41. The van der Waals surface area contributed by atoms with Crippen LogP contribution >= 0.6 is 22.7 Å². The molecule has 0 radical (unpaired) electrons. The van der Waals surface area contributed by atoms with Crippen LogP contribution in [0.15, 0.2) is 42.5 Å². The van der Waals surface area contributed by atoms with Gasteiger partial charge in [-0.3, -0.25) is 39.4 Å². The molecule has 6 N–H and O–H groups in total. The molecule has 6 heterocycles. The van der Waals surface area contributed by atoms with Gasteiger partial charge in [0, 0.05) is 65.3 Å². The second kappa shape index (κ2) is 18.7. The molecule has 8 rings (SSSR count). The van der Waals surface area contributed by atoms with Crippen molar-refractivity contribution >= 4 is 81.6 Å². The highest BCUT2D eigenvalue weighted by Crippen LogP contribution is 2.35. The molecule has 10 amide bonds. The molecule has 2 unspecified atom stereocenters. The summed E-state index contributed by atoms with van der Waals surface area (Å²) in [5, 5.41) is 15.8. The largest absolute Gasteiger partial charge is 0.497 e. The van der Waals surface area contributed by atoms with Crippen LogP contribution in [-0.2, 0) is 45.4 Å². The minimum absolute atomic E-state index is 0.198. The van der Waals surface area contributed by atoms with Gasteiger partial charge < -0.3 is 40.5 Å². The number of benzene rings is 2. The first-order valence-corrected chi connectivity index (χ1v) is 21.7. The Morgan fingerprint density at radius 2 is 1.10 bits per heavy atom. The highest BCUT2D eigenvalue weighted by molar-refractivity contribution is 7.14. The number of aryl methyl sites for hydroxylation is 3. The summed E-state index contributed by atoms with van der Waals surface area (Å²) in [6.45, 7) is 7.13. The Morgan fingerprint density at radius 1 is 0.651 bits per heavy atom. The standard InChI is InChI=1S/C22H24N4O4S.C21H22N4O6S/c1-11-6-12(2)18(13(3)7-11)25-22(30)23-9-15-8-14-10-26(21(29)19(14)31-15)16-4-5-17(27)24-20(16)28;1-30-13-6-12(7-14(8-13)31-2)23-21(29)22-9-15-5-11-10-25(20(28)18(11)32-15)16-3-4-17(26)24-19(16)27/h6-8,16H,4-5,9-10H2,1-3H3,(H2,23,25,30)(H,24,27,28);5-8,16H,3-4,9-10H2,1-2H3,(H2,22,23,29)(H,24,26,27). The minimum atomic E-state index is -0.632. The molecule has 2 fully saturated rings. The zero-order valence-corrected chi connectivity index (χ0v) is 36.8. The van der Waals surface area contributed by atoms with Crippen LogP contribution in [0.3, 0.4) is 0 Å². The number of carbonyl (C=O) groups is 8. The topological polar surface area (TPSA) is 234 Å². The van der Waals surface area contributed by atoms with Gasteiger partial charge in [-0.25, -0.2) is 9.59 Å². The number of ether oxygens (including phenoxy) is 2. The van der Waals surface area contributed by atoms with Crippen molar-refractivity contribution < 1.29 is 47.8 Å². The summed E-state index contributed by atoms with van der Waals surface area (Å²) in [7, 11) is 3.05. The summed E-state index contributed by atoms with van der Waals surface area (Å²) in [6.07, 6.45) is 1.13. The van der Waals surface area contributed by atoms with E-state index >= 15 is 0 Å². The molecule has 18 nitrogen and oxygen atoms in total. The van der Waals surface area contributed by atoms with Crippen molar-refractivity contribution in [2.45, 2.75) is 84.7 Å². The van der Waals surface area contributed by atoms with Crippen molar-refractivity contribution in [1.82, 2.24) is 31.1 Å². The number of amides is 10. The summed E-state index contributed by atoms with van der Waals surface area (Å²) in [6, 6.07) is 10.9. The van der Waals surface area contributed by atoms with E-state index in [0.29, 0.717) is 59.4 Å². The number of imide groups is 2. The summed E-state index contributed by atoms with van der Waals surface area (Å²) in [5.41, 5.74) is 6.13. The van der Waals surface area contributed by atoms with Crippen molar-refractivity contribution in [3.8, 4) is 11.5 Å². The second-order valence-electron chi connectivity index (χ2n) is 15.4. The average Bonchev–Trinajstić information content (AvgIpc) is 3.99. The van der Waals surface area contributed by atoms with Crippen LogP contribution in [0, 0.1) is 20.8 Å². The smallest absolute Gasteiger partial charge is 0.319 e. The normalized spacial score (nSPS) is 17.9. The molecule has 2 aromatic heterocycles. The summed E-state index contributed by atoms with van der Waals surface area (Å²) < 4.78 is 10.4. The number of nitrogens with zero attached hydrogens (tertiary/aromatic N) is 2. The van der Waals surface area contributed by atoms with Gasteiger partial charge in [-0.05, 0) is 68.0 Å². The lowest BCUT2D eigenvalue weighted by Gasteiger charge is -2.29. The Hall–Kier alpha value is -6.80. The maximum absolute atomic E-state index is 12.8. The van der Waals surface area contributed by atoms with Crippen LogP contribution in [0.1, 0.15) is 82.6 Å². The average molecular weight is 899 g/mol. The molecule has 2 saturated heterocycles. The first-order valence-electron chi connectivity index (χ1n) is 20.0. The lowest BCUT2D eigenvalue weighted by molar-refractivity contribution is -0.138. The fraction of sp³-hybridized carbons (Fsp3) is 0.349. The predicted octanol–water partition coefficient (Wildman–Crippen LogP) is 4.60. The molecule has 0 spiro atoms. The van der Waals surface area contributed by atoms with Gasteiger partial charge >= 0.3 is 12.1 Å². The van der Waals surface area contributed by atoms with Crippen LogP contribution in [0.25, 0.3) is 0 Å². The van der Waals surface area contributed by atoms with Crippen molar-refractivity contribution in [3.05, 3.63) is 89.8 Å². The van der Waals surface area contributed by atoms with Crippen LogP contribution < -0.4 is 41.4 Å². The molecule has 63 heavy (non-hydrogen) atoms. The van der Waals surface area contributed by atoms with Gasteiger partial charge in [-0.15, -0.1) is 22.7 Å². The quantitative estimate of drug-likeness (QED) is 0.121. The lowest BCUT2D eigenvalue weighted by Crippen LogP contribution is -2.52. The Morgan fingerprint density at radius 3 is 1.51 bits per heavy atom. The lowest BCUT2D eigenvalue weighted by atomic mass is 10.0. The maximum atomic E-state index is 12.8. The molecule has 4 aromatic rings. The Bertz CT molecular complexity index is 2510. The van der Waals surface area contributed by atoms with E-state index in [9.17, 15) is 38.4 Å². The van der Waals surface area contributed by atoms with Gasteiger partial charge in [-0.2, -0.15) is 0 Å². The van der Waals surface area contributed by atoms with Gasteiger partial charge in [0.05, 0.1) is 37.1 Å². The van der Waals surface area contributed by atoms with Gasteiger partial charge in [0.1, 0.15) is 23.6 Å². The number of hydrogen-bond donors (Lipinski definition) is 6. The van der Waals surface area contributed by atoms with E-state index in [1.165, 1.54) is 46.7 Å². The van der Waals surface area contributed by atoms with E-state index in [1.54, 1.807) is 18.2 Å². The molecular formula is C43H46N8O10S2. The van der Waals surface area contributed by atoms with E-state index in [1.807, 2.05) is 45.0 Å². The zero-order valence-electron chi connectivity index (χ0n) is 35.1. The molecule has 2 aromatic carbocycles. The molecular weight excluding hydrogens is 853 g/mol. The monoisotopic (exact) mass is 898 g/mol. The number of urea groups is 2. The van der Waals surface area contributed by atoms with Crippen molar-refractivity contribution in [2.24, 2.45) is 0 Å². The molecule has 330 valence electrons. The Labute approximate surface area is 370 Å². The van der Waals surface area contributed by atoms with E-state index in [0.717, 1.165) is 43.3 Å². The Balaban J connectivity index is 0.000000189. The third-order valence-corrected chi connectivity index (χ3v) is 13.2. The molecule has 4 aliphatic rings. The molecule has 2 atom stereocenters. The van der Waals surface area contributed by atoms with Crippen LogP contribution in [-0.4, -0.2) is 83.6 Å². The number of anilines is 2. The minimum Gasteiger partial charge on any atom is -0.497 e. The summed E-state index contributed by atoms with van der Waals surface area (Å²) >= 11 is 2.61. The van der Waals surface area contributed by atoms with Crippen molar-refractivity contribution in [3.63, 3.8) is 0 Å². The number of rotatable bonds is 10. The number of thiophene rings is 2. The number of nitrogens with one attached hydrogen (secondary N) is 6. The SMILES string of the molecule is COc1cc(NC(=O)NCc2cc3c(s2)C(=O)N(C2CCC(=O)NC2=O)C3)cc(OC)c1.Cc1cc(C)c(NC(=O)NCc2cc3c(s2)C(=O)N(C2CCC(=O)NC2=O)C3)c(C)c1. The van der Waals surface area contributed by atoms with Crippen LogP contribution in [0.5, 0.6) is 11.5 Å². The van der Waals surface area contributed by atoms with E-state index in [2.05, 4.69) is 31.9 Å². The summed E-state index contributed by atoms with van der Waals surface area (Å²) in [4.78, 5) is 103. The van der Waals surface area contributed by atoms with Crippen LogP contribution in [0.4, 0.5) is 21.0 Å². The fourth-order valence-electron chi connectivity index (χ4n) is 7.90. The number of piperidine rings is 2. The Kier molecular flexibility index (Phi) is 13.1. The molecule has 20 heteroatoms. The van der Waals surface area contributed by atoms with Gasteiger partial charge in [0.25, 0.3) is 11.8 Å². The molecule has 0 saturated carbocycles. The van der Waals surface area contributed by atoms with Crippen LogP contribution in [0.2, 0.25) is 0 Å². The van der Waals surface area contributed by atoms with Crippen molar-refractivity contribution in [1.29, 1.82) is 0 Å². The summed E-state index contributed by atoms with van der Waals surface area (Å²) in [5.74, 6) is -0.786. The van der Waals surface area contributed by atoms with E-state index < -0.39 is 29.9 Å². The van der Waals surface area contributed by atoms with Gasteiger partial charge in [0.15, 0.2) is 0 Å². The molecule has 0 bridgehead atoms. The number of carbonyl (C=O) groups excluding carboxylic acids is 8.